The molecule has 0 bridgehead atoms. The minimum absolute atomic E-state index is 0.114. The fourth-order valence-electron chi connectivity index (χ4n) is 4.99. The van der Waals surface area contributed by atoms with Gasteiger partial charge in [0.2, 0.25) is 0 Å². The number of benzene rings is 4. The number of aromatic nitrogens is 1. The zero-order chi connectivity index (χ0) is 31.8. The molecular weight excluding hydrogens is 586 g/mol. The quantitative estimate of drug-likeness (QED) is 0.148. The van der Waals surface area contributed by atoms with Crippen LogP contribution < -0.4 is 29.2 Å². The van der Waals surface area contributed by atoms with Crippen LogP contribution in [0.25, 0.3) is 11.3 Å². The lowest BCUT2D eigenvalue weighted by Crippen LogP contribution is -2.24. The SMILES string of the molecule is COc1ccc(OC)c(-c2csc(N(Cc3ccc(C(=O)NCc4ccc(C)cc4)cc3)Cc3cccc(OC)c3OC)n2)c1. The normalized spacial score (nSPS) is 10.7. The van der Waals surface area contributed by atoms with Crippen LogP contribution in [0, 0.1) is 6.92 Å². The monoisotopic (exact) mass is 623 g/mol. The van der Waals surface area contributed by atoms with Crippen LogP contribution >= 0.6 is 11.3 Å². The van der Waals surface area contributed by atoms with E-state index >= 15 is 0 Å². The van der Waals surface area contributed by atoms with Gasteiger partial charge in [-0.1, -0.05) is 54.1 Å². The molecule has 0 saturated carbocycles. The molecule has 0 fully saturated rings. The summed E-state index contributed by atoms with van der Waals surface area (Å²) in [6, 6.07) is 27.4. The number of amides is 1. The second-order valence-electron chi connectivity index (χ2n) is 10.5. The molecule has 1 N–H and O–H groups in total. The largest absolute Gasteiger partial charge is 0.497 e. The van der Waals surface area contributed by atoms with Gasteiger partial charge in [0, 0.05) is 41.7 Å². The maximum Gasteiger partial charge on any atom is 0.251 e. The van der Waals surface area contributed by atoms with Gasteiger partial charge in [-0.25, -0.2) is 4.98 Å². The molecular formula is C36H37N3O5S. The van der Waals surface area contributed by atoms with E-state index < -0.39 is 0 Å². The zero-order valence-electron chi connectivity index (χ0n) is 26.1. The minimum Gasteiger partial charge on any atom is -0.497 e. The number of para-hydroxylation sites is 1. The lowest BCUT2D eigenvalue weighted by atomic mass is 10.1. The highest BCUT2D eigenvalue weighted by molar-refractivity contribution is 7.14. The summed E-state index contributed by atoms with van der Waals surface area (Å²) in [5.74, 6) is 2.66. The van der Waals surface area contributed by atoms with Crippen LogP contribution in [0.4, 0.5) is 5.13 Å². The number of nitrogens with zero attached hydrogens (tertiary/aromatic N) is 2. The van der Waals surface area contributed by atoms with Crippen molar-refractivity contribution in [3.63, 3.8) is 0 Å². The molecule has 0 radical (unpaired) electrons. The number of carbonyl (C=O) groups is 1. The molecule has 0 unspecified atom stereocenters. The van der Waals surface area contributed by atoms with E-state index in [1.807, 2.05) is 97.2 Å². The Morgan fingerprint density at radius 1 is 0.800 bits per heavy atom. The van der Waals surface area contributed by atoms with Crippen molar-refractivity contribution in [3.05, 3.63) is 118 Å². The van der Waals surface area contributed by atoms with Crippen LogP contribution in [0.3, 0.4) is 0 Å². The van der Waals surface area contributed by atoms with E-state index in [0.29, 0.717) is 42.4 Å². The first-order valence-electron chi connectivity index (χ1n) is 14.5. The van der Waals surface area contributed by atoms with E-state index in [1.54, 1.807) is 39.8 Å². The molecule has 0 aliphatic carbocycles. The number of carbonyl (C=O) groups excluding carboxylic acids is 1. The second kappa shape index (κ2) is 14.6. The Kier molecular flexibility index (Phi) is 10.2. The van der Waals surface area contributed by atoms with Crippen molar-refractivity contribution in [2.24, 2.45) is 0 Å². The van der Waals surface area contributed by atoms with Gasteiger partial charge in [-0.2, -0.15) is 0 Å². The Balaban J connectivity index is 1.40. The van der Waals surface area contributed by atoms with E-state index in [1.165, 1.54) is 5.56 Å². The molecule has 45 heavy (non-hydrogen) atoms. The van der Waals surface area contributed by atoms with Crippen molar-refractivity contribution in [2.75, 3.05) is 33.3 Å². The summed E-state index contributed by atoms with van der Waals surface area (Å²) in [6.07, 6.45) is 0. The Morgan fingerprint density at radius 3 is 2.22 bits per heavy atom. The van der Waals surface area contributed by atoms with Crippen LogP contribution in [-0.2, 0) is 19.6 Å². The molecule has 1 aromatic heterocycles. The number of hydrogen-bond acceptors (Lipinski definition) is 8. The highest BCUT2D eigenvalue weighted by atomic mass is 32.1. The van der Waals surface area contributed by atoms with Crippen molar-refractivity contribution in [2.45, 2.75) is 26.6 Å². The summed E-state index contributed by atoms with van der Waals surface area (Å²) in [7, 11) is 6.56. The lowest BCUT2D eigenvalue weighted by Gasteiger charge is -2.24. The predicted molar refractivity (Wildman–Crippen MR) is 179 cm³/mol. The van der Waals surface area contributed by atoms with Crippen LogP contribution in [0.1, 0.15) is 32.6 Å². The first-order valence-corrected chi connectivity index (χ1v) is 15.4. The van der Waals surface area contributed by atoms with Crippen molar-refractivity contribution in [3.8, 4) is 34.3 Å². The van der Waals surface area contributed by atoms with E-state index in [9.17, 15) is 4.79 Å². The summed E-state index contributed by atoms with van der Waals surface area (Å²) in [5, 5.41) is 5.85. The van der Waals surface area contributed by atoms with Gasteiger partial charge in [-0.3, -0.25) is 4.79 Å². The molecule has 0 atom stereocenters. The van der Waals surface area contributed by atoms with Crippen molar-refractivity contribution >= 4 is 22.4 Å². The maximum atomic E-state index is 12.9. The maximum absolute atomic E-state index is 12.9. The van der Waals surface area contributed by atoms with Crippen LogP contribution in [0.2, 0.25) is 0 Å². The molecule has 5 rings (SSSR count). The van der Waals surface area contributed by atoms with E-state index in [-0.39, 0.29) is 5.91 Å². The number of methoxy groups -OCH3 is 4. The Morgan fingerprint density at radius 2 is 1.53 bits per heavy atom. The van der Waals surface area contributed by atoms with Gasteiger partial charge in [0.05, 0.1) is 34.1 Å². The third kappa shape index (κ3) is 7.56. The summed E-state index contributed by atoms with van der Waals surface area (Å²) in [6.45, 7) is 3.58. The smallest absolute Gasteiger partial charge is 0.251 e. The number of anilines is 1. The lowest BCUT2D eigenvalue weighted by molar-refractivity contribution is 0.0951. The zero-order valence-corrected chi connectivity index (χ0v) is 26.9. The fraction of sp³-hybridized carbons (Fsp3) is 0.222. The average Bonchev–Trinajstić information content (AvgIpc) is 3.57. The Hall–Kier alpha value is -5.02. The van der Waals surface area contributed by atoms with Gasteiger partial charge >= 0.3 is 0 Å². The Labute approximate surface area is 268 Å². The Bertz CT molecular complexity index is 1740. The van der Waals surface area contributed by atoms with Crippen LogP contribution in [-0.4, -0.2) is 39.3 Å². The minimum atomic E-state index is -0.114. The summed E-state index contributed by atoms with van der Waals surface area (Å²) >= 11 is 1.54. The molecule has 0 aliphatic rings. The molecule has 1 heterocycles. The number of aryl methyl sites for hydroxylation is 1. The predicted octanol–water partition coefficient (Wildman–Crippen LogP) is 7.29. The molecule has 9 heteroatoms. The van der Waals surface area contributed by atoms with Crippen molar-refractivity contribution < 1.29 is 23.7 Å². The van der Waals surface area contributed by atoms with E-state index in [0.717, 1.165) is 38.8 Å². The van der Waals surface area contributed by atoms with Crippen molar-refractivity contribution in [1.29, 1.82) is 0 Å². The summed E-state index contributed by atoms with van der Waals surface area (Å²) in [4.78, 5) is 20.1. The first kappa shape index (κ1) is 31.4. The van der Waals surface area contributed by atoms with E-state index in [4.69, 9.17) is 23.9 Å². The molecule has 0 aliphatic heterocycles. The number of hydrogen-bond donors (Lipinski definition) is 1. The van der Waals surface area contributed by atoms with Gasteiger partial charge in [-0.15, -0.1) is 11.3 Å². The summed E-state index contributed by atoms with van der Waals surface area (Å²) < 4.78 is 22.4. The average molecular weight is 624 g/mol. The van der Waals surface area contributed by atoms with Crippen molar-refractivity contribution in [1.82, 2.24) is 10.3 Å². The van der Waals surface area contributed by atoms with Gasteiger partial charge < -0.3 is 29.2 Å². The number of nitrogens with one attached hydrogen (secondary N) is 1. The highest BCUT2D eigenvalue weighted by Crippen LogP contribution is 2.38. The molecule has 8 nitrogen and oxygen atoms in total. The third-order valence-electron chi connectivity index (χ3n) is 7.45. The van der Waals surface area contributed by atoms with Crippen LogP contribution in [0.5, 0.6) is 23.0 Å². The molecule has 0 spiro atoms. The van der Waals surface area contributed by atoms with Crippen LogP contribution in [0.15, 0.2) is 90.3 Å². The van der Waals surface area contributed by atoms with Gasteiger partial charge in [0.15, 0.2) is 16.6 Å². The summed E-state index contributed by atoms with van der Waals surface area (Å²) in [5.41, 5.74) is 6.47. The second-order valence-corrected chi connectivity index (χ2v) is 11.3. The number of ether oxygens (including phenoxy) is 4. The molecule has 4 aromatic carbocycles. The molecule has 5 aromatic rings. The third-order valence-corrected chi connectivity index (χ3v) is 8.36. The number of thiazole rings is 1. The van der Waals surface area contributed by atoms with Gasteiger partial charge in [0.1, 0.15) is 11.5 Å². The number of rotatable bonds is 13. The highest BCUT2D eigenvalue weighted by Gasteiger charge is 2.19. The molecule has 232 valence electrons. The molecule has 1 amide bonds. The topological polar surface area (TPSA) is 82.2 Å². The van der Waals surface area contributed by atoms with E-state index in [2.05, 4.69) is 10.2 Å². The molecule has 0 saturated heterocycles. The van der Waals surface area contributed by atoms with Gasteiger partial charge in [-0.05, 0) is 54.4 Å². The van der Waals surface area contributed by atoms with Gasteiger partial charge in [0.25, 0.3) is 5.91 Å². The fourth-order valence-corrected chi connectivity index (χ4v) is 5.82. The standard InChI is InChI=1S/C36H37N3O5S/c1-24-9-11-25(12-10-24)20-37-35(40)27-15-13-26(14-16-27)21-39(22-28-7-6-8-33(43-4)34(28)44-5)36-38-31(23-45-36)30-19-29(41-2)17-18-32(30)42-3/h6-19,23H,20-22H2,1-5H3,(H,37,40). The first-order chi connectivity index (χ1) is 21.9.